The van der Waals surface area contributed by atoms with E-state index >= 15 is 0 Å². The quantitative estimate of drug-likeness (QED) is 0.615. The third kappa shape index (κ3) is 1.90. The van der Waals surface area contributed by atoms with Crippen LogP contribution in [-0.2, 0) is 16.0 Å². The van der Waals surface area contributed by atoms with E-state index in [1.807, 2.05) is 6.07 Å². The second kappa shape index (κ2) is 4.45. The van der Waals surface area contributed by atoms with Crippen LogP contribution in [-0.4, -0.2) is 12.6 Å². The molecule has 0 N–H and O–H groups in total. The van der Waals surface area contributed by atoms with Gasteiger partial charge in [-0.15, -0.1) is 0 Å². The van der Waals surface area contributed by atoms with Crippen LogP contribution in [0, 0.1) is 11.3 Å². The second-order valence-corrected chi connectivity index (χ2v) is 6.44. The molecule has 1 heterocycles. The van der Waals surface area contributed by atoms with Gasteiger partial charge >= 0.3 is 5.97 Å². The minimum atomic E-state index is -0.362. The van der Waals surface area contributed by atoms with Crippen LogP contribution >= 0.6 is 0 Å². The Morgan fingerprint density at radius 3 is 2.86 bits per heavy atom. The van der Waals surface area contributed by atoms with Crippen molar-refractivity contribution in [3.63, 3.8) is 0 Å². The zero-order valence-corrected chi connectivity index (χ0v) is 12.0. The fourth-order valence-corrected chi connectivity index (χ4v) is 3.98. The third-order valence-electron chi connectivity index (χ3n) is 5.04. The summed E-state index contributed by atoms with van der Waals surface area (Å²) >= 11 is 0. The Kier molecular flexibility index (Phi) is 2.68. The van der Waals surface area contributed by atoms with Gasteiger partial charge < -0.3 is 4.74 Å². The van der Waals surface area contributed by atoms with Crippen molar-refractivity contribution in [2.24, 2.45) is 11.3 Å². The maximum Gasteiger partial charge on any atom is 0.313 e. The highest BCUT2D eigenvalue weighted by atomic mass is 16.5. The largest absolute Gasteiger partial charge is 0.465 e. The first-order valence-corrected chi connectivity index (χ1v) is 7.49. The summed E-state index contributed by atoms with van der Waals surface area (Å²) in [7, 11) is 0. The molecule has 2 nitrogen and oxygen atoms in total. The zero-order valence-electron chi connectivity index (χ0n) is 12.0. The maximum atomic E-state index is 12.3. The average Bonchev–Trinajstić information content (AvgIpc) is 2.94. The molecule has 1 saturated heterocycles. The minimum absolute atomic E-state index is 0.0284. The highest BCUT2D eigenvalue weighted by Crippen LogP contribution is 2.52. The summed E-state index contributed by atoms with van der Waals surface area (Å²) < 4.78 is 5.35. The Balaban J connectivity index is 1.73. The highest BCUT2D eigenvalue weighted by molar-refractivity contribution is 5.84. The lowest BCUT2D eigenvalue weighted by atomic mass is 9.75. The van der Waals surface area contributed by atoms with Gasteiger partial charge in [0, 0.05) is 5.92 Å². The number of carbonyl (C=O) groups excluding carboxylic acids is 1. The summed E-state index contributed by atoms with van der Waals surface area (Å²) in [6, 6.07) is 14.8. The molecule has 1 aliphatic heterocycles. The maximum absolute atomic E-state index is 12.3. The van der Waals surface area contributed by atoms with E-state index in [1.54, 1.807) is 0 Å². The fraction of sp³-hybridized carbons (Fsp3) is 0.316. The monoisotopic (exact) mass is 278 g/mol. The first-order valence-electron chi connectivity index (χ1n) is 7.49. The molecule has 0 spiro atoms. The van der Waals surface area contributed by atoms with Crippen LogP contribution in [0.4, 0.5) is 0 Å². The third-order valence-corrected chi connectivity index (χ3v) is 5.04. The van der Waals surface area contributed by atoms with Gasteiger partial charge in [-0.2, -0.15) is 0 Å². The van der Waals surface area contributed by atoms with Gasteiger partial charge in [0.25, 0.3) is 0 Å². The number of fused-ring (bicyclic) bond motifs is 2. The lowest BCUT2D eigenvalue weighted by Crippen LogP contribution is -2.31. The SMILES string of the molecule is C=C1CC2COC(=O)[C@]2(Cc2ccc3ccccc3c2)C1. The van der Waals surface area contributed by atoms with Crippen LogP contribution in [0.2, 0.25) is 0 Å². The number of cyclic esters (lactones) is 1. The topological polar surface area (TPSA) is 26.3 Å². The smallest absolute Gasteiger partial charge is 0.313 e. The summed E-state index contributed by atoms with van der Waals surface area (Å²) in [4.78, 5) is 12.3. The fourth-order valence-electron chi connectivity index (χ4n) is 3.98. The van der Waals surface area contributed by atoms with Gasteiger partial charge in [-0.25, -0.2) is 0 Å². The minimum Gasteiger partial charge on any atom is -0.465 e. The molecular weight excluding hydrogens is 260 g/mol. The summed E-state index contributed by atoms with van der Waals surface area (Å²) in [5, 5.41) is 2.46. The summed E-state index contributed by atoms with van der Waals surface area (Å²) in [6.45, 7) is 4.66. The standard InChI is InChI=1S/C19H18O2/c1-13-8-17-12-21-18(20)19(17,10-13)11-14-6-7-15-4-2-3-5-16(15)9-14/h2-7,9,17H,1,8,10-12H2/t17?,19-/m0/s1. The molecule has 0 radical (unpaired) electrons. The molecule has 2 fully saturated rings. The Labute approximate surface area is 124 Å². The van der Waals surface area contributed by atoms with E-state index in [1.165, 1.54) is 21.9 Å². The first kappa shape index (κ1) is 12.6. The van der Waals surface area contributed by atoms with Gasteiger partial charge in [0.2, 0.25) is 0 Å². The van der Waals surface area contributed by atoms with Crippen LogP contribution in [0.1, 0.15) is 18.4 Å². The molecule has 0 amide bonds. The molecule has 21 heavy (non-hydrogen) atoms. The Morgan fingerprint density at radius 2 is 2.00 bits per heavy atom. The average molecular weight is 278 g/mol. The second-order valence-electron chi connectivity index (χ2n) is 6.44. The number of rotatable bonds is 2. The number of allylic oxidation sites excluding steroid dienone is 1. The van der Waals surface area contributed by atoms with Crippen LogP contribution in [0.3, 0.4) is 0 Å². The van der Waals surface area contributed by atoms with Crippen LogP contribution in [0.5, 0.6) is 0 Å². The summed E-state index contributed by atoms with van der Waals surface area (Å²) in [5.41, 5.74) is 2.05. The van der Waals surface area contributed by atoms with Crippen molar-refractivity contribution in [1.82, 2.24) is 0 Å². The van der Waals surface area contributed by atoms with Gasteiger partial charge in [0.15, 0.2) is 0 Å². The van der Waals surface area contributed by atoms with Gasteiger partial charge in [-0.3, -0.25) is 4.79 Å². The Hall–Kier alpha value is -2.09. The van der Waals surface area contributed by atoms with Gasteiger partial charge in [0.1, 0.15) is 0 Å². The summed E-state index contributed by atoms with van der Waals surface area (Å²) in [5.74, 6) is 0.281. The molecule has 0 aromatic heterocycles. The van der Waals surface area contributed by atoms with Crippen LogP contribution in [0.15, 0.2) is 54.6 Å². The number of ether oxygens (including phenoxy) is 1. The molecule has 0 bridgehead atoms. The van der Waals surface area contributed by atoms with Crippen LogP contribution < -0.4 is 0 Å². The van der Waals surface area contributed by atoms with Crippen molar-refractivity contribution in [3.05, 3.63) is 60.2 Å². The van der Waals surface area contributed by atoms with E-state index in [4.69, 9.17) is 4.74 Å². The van der Waals surface area contributed by atoms with Crippen molar-refractivity contribution >= 4 is 16.7 Å². The molecule has 2 aromatic rings. The van der Waals surface area contributed by atoms with E-state index in [9.17, 15) is 4.79 Å². The van der Waals surface area contributed by atoms with Gasteiger partial charge in [-0.1, -0.05) is 54.6 Å². The number of carbonyl (C=O) groups is 1. The lowest BCUT2D eigenvalue weighted by Gasteiger charge is -2.24. The van der Waals surface area contributed by atoms with Crippen molar-refractivity contribution in [1.29, 1.82) is 0 Å². The van der Waals surface area contributed by atoms with E-state index in [0.29, 0.717) is 12.5 Å². The number of hydrogen-bond acceptors (Lipinski definition) is 2. The van der Waals surface area contributed by atoms with Crippen molar-refractivity contribution < 1.29 is 9.53 Å². The molecule has 2 aliphatic rings. The number of esters is 1. The molecule has 1 aliphatic carbocycles. The molecule has 2 aromatic carbocycles. The number of hydrogen-bond donors (Lipinski definition) is 0. The van der Waals surface area contributed by atoms with Crippen molar-refractivity contribution in [3.8, 4) is 0 Å². The van der Waals surface area contributed by atoms with E-state index in [-0.39, 0.29) is 11.4 Å². The normalized spacial score (nSPS) is 27.9. The van der Waals surface area contributed by atoms with Gasteiger partial charge in [-0.05, 0) is 35.6 Å². The molecule has 2 atom stereocenters. The molecule has 2 heteroatoms. The van der Waals surface area contributed by atoms with Crippen LogP contribution in [0.25, 0.3) is 10.8 Å². The lowest BCUT2D eigenvalue weighted by molar-refractivity contribution is -0.146. The molecule has 1 unspecified atom stereocenters. The predicted molar refractivity (Wildman–Crippen MR) is 82.9 cm³/mol. The highest BCUT2D eigenvalue weighted by Gasteiger charge is 2.55. The van der Waals surface area contributed by atoms with E-state index in [0.717, 1.165) is 19.3 Å². The van der Waals surface area contributed by atoms with E-state index < -0.39 is 0 Å². The molecule has 106 valence electrons. The van der Waals surface area contributed by atoms with Crippen molar-refractivity contribution in [2.45, 2.75) is 19.3 Å². The molecular formula is C19H18O2. The zero-order chi connectivity index (χ0) is 14.4. The molecule has 4 rings (SSSR count). The first-order chi connectivity index (χ1) is 10.2. The van der Waals surface area contributed by atoms with Crippen molar-refractivity contribution in [2.75, 3.05) is 6.61 Å². The Morgan fingerprint density at radius 1 is 1.19 bits per heavy atom. The predicted octanol–water partition coefficient (Wildman–Crippen LogP) is 3.89. The molecule has 1 saturated carbocycles. The number of benzene rings is 2. The Bertz CT molecular complexity index is 746. The van der Waals surface area contributed by atoms with E-state index in [2.05, 4.69) is 43.0 Å². The van der Waals surface area contributed by atoms with Gasteiger partial charge in [0.05, 0.1) is 12.0 Å². The summed E-state index contributed by atoms with van der Waals surface area (Å²) in [6.07, 6.45) is 2.48.